The summed E-state index contributed by atoms with van der Waals surface area (Å²) < 4.78 is 28.6. The molecule has 1 aliphatic heterocycles. The van der Waals surface area contributed by atoms with E-state index in [1.165, 1.54) is 14.9 Å². The molecular weight excluding hydrogens is 390 g/mol. The first-order valence-corrected chi connectivity index (χ1v) is 11.3. The van der Waals surface area contributed by atoms with E-state index in [1.807, 2.05) is 12.1 Å². The summed E-state index contributed by atoms with van der Waals surface area (Å²) in [5.74, 6) is 0.201. The molecule has 0 N–H and O–H groups in total. The summed E-state index contributed by atoms with van der Waals surface area (Å²) >= 11 is 0. The number of carbonyl (C=O) groups excluding carboxylic acids is 1. The number of pyridine rings is 1. The number of sulfonamides is 1. The van der Waals surface area contributed by atoms with Crippen LogP contribution < -0.4 is 5.56 Å². The van der Waals surface area contributed by atoms with Crippen LogP contribution in [0.5, 0.6) is 0 Å². The van der Waals surface area contributed by atoms with E-state index in [1.54, 1.807) is 35.4 Å². The third-order valence-corrected chi connectivity index (χ3v) is 7.41. The molecule has 1 fully saturated rings. The first-order valence-electron chi connectivity index (χ1n) is 9.86. The standard InChI is InChI=1S/C21H27N3O4S/c1-3-17(2)18-7-9-19(10-8-18)29(27,28)24-14-12-22(13-15-24)21(26)16-23-11-5-4-6-20(23)25/h4-11,17H,3,12-16H2,1-2H3. The van der Waals surface area contributed by atoms with Crippen molar-refractivity contribution < 1.29 is 13.2 Å². The highest BCUT2D eigenvalue weighted by Gasteiger charge is 2.30. The lowest BCUT2D eigenvalue weighted by molar-refractivity contribution is -0.133. The molecule has 2 aromatic rings. The second kappa shape index (κ2) is 8.92. The summed E-state index contributed by atoms with van der Waals surface area (Å²) in [5.41, 5.74) is 0.890. The van der Waals surface area contributed by atoms with E-state index in [2.05, 4.69) is 13.8 Å². The molecule has 3 rings (SSSR count). The van der Waals surface area contributed by atoms with E-state index >= 15 is 0 Å². The molecular formula is C21H27N3O4S. The fraction of sp³-hybridized carbons (Fsp3) is 0.429. The van der Waals surface area contributed by atoms with Gasteiger partial charge in [0.2, 0.25) is 15.9 Å². The number of benzene rings is 1. The van der Waals surface area contributed by atoms with Crippen LogP contribution >= 0.6 is 0 Å². The number of piperazine rings is 1. The molecule has 29 heavy (non-hydrogen) atoms. The van der Waals surface area contributed by atoms with E-state index in [0.29, 0.717) is 19.0 Å². The monoisotopic (exact) mass is 417 g/mol. The Hall–Kier alpha value is -2.45. The van der Waals surface area contributed by atoms with Crippen molar-refractivity contribution >= 4 is 15.9 Å². The van der Waals surface area contributed by atoms with Crippen LogP contribution in [-0.4, -0.2) is 54.3 Å². The Labute approximate surface area is 171 Å². The van der Waals surface area contributed by atoms with E-state index in [4.69, 9.17) is 0 Å². The van der Waals surface area contributed by atoms with Gasteiger partial charge in [0.05, 0.1) is 4.90 Å². The third-order valence-electron chi connectivity index (χ3n) is 5.50. The zero-order valence-electron chi connectivity index (χ0n) is 16.8. The minimum Gasteiger partial charge on any atom is -0.339 e. The van der Waals surface area contributed by atoms with Crippen LogP contribution in [0.15, 0.2) is 58.4 Å². The van der Waals surface area contributed by atoms with Gasteiger partial charge >= 0.3 is 0 Å². The minimum absolute atomic E-state index is 0.0382. The predicted octanol–water partition coefficient (Wildman–Crippen LogP) is 1.89. The molecule has 7 nitrogen and oxygen atoms in total. The van der Waals surface area contributed by atoms with Crippen molar-refractivity contribution in [3.05, 3.63) is 64.6 Å². The summed E-state index contributed by atoms with van der Waals surface area (Å²) in [6.07, 6.45) is 2.57. The topological polar surface area (TPSA) is 79.7 Å². The van der Waals surface area contributed by atoms with Gasteiger partial charge in [-0.05, 0) is 36.1 Å². The minimum atomic E-state index is -3.59. The SMILES string of the molecule is CCC(C)c1ccc(S(=O)(=O)N2CCN(C(=O)Cn3ccccc3=O)CC2)cc1. The van der Waals surface area contributed by atoms with Gasteiger partial charge in [-0.1, -0.05) is 32.0 Å². The number of hydrogen-bond acceptors (Lipinski definition) is 4. The van der Waals surface area contributed by atoms with Crippen molar-refractivity contribution in [3.8, 4) is 0 Å². The van der Waals surface area contributed by atoms with Crippen LogP contribution in [0.25, 0.3) is 0 Å². The smallest absolute Gasteiger partial charge is 0.250 e. The summed E-state index contributed by atoms with van der Waals surface area (Å²) in [5, 5.41) is 0. The van der Waals surface area contributed by atoms with E-state index in [0.717, 1.165) is 12.0 Å². The van der Waals surface area contributed by atoms with Crippen LogP contribution in [-0.2, 0) is 21.4 Å². The summed E-state index contributed by atoms with van der Waals surface area (Å²) in [6, 6.07) is 11.8. The number of nitrogens with zero attached hydrogens (tertiary/aromatic N) is 3. The van der Waals surface area contributed by atoms with Gasteiger partial charge in [0.15, 0.2) is 0 Å². The van der Waals surface area contributed by atoms with E-state index < -0.39 is 10.0 Å². The molecule has 1 aliphatic rings. The van der Waals surface area contributed by atoms with Crippen molar-refractivity contribution in [2.75, 3.05) is 26.2 Å². The average Bonchev–Trinajstić information content (AvgIpc) is 2.75. The molecule has 2 heterocycles. The predicted molar refractivity (Wildman–Crippen MR) is 111 cm³/mol. The quantitative estimate of drug-likeness (QED) is 0.719. The van der Waals surface area contributed by atoms with Crippen LogP contribution in [0.3, 0.4) is 0 Å². The number of rotatable bonds is 6. The van der Waals surface area contributed by atoms with Crippen LogP contribution in [0.1, 0.15) is 31.7 Å². The van der Waals surface area contributed by atoms with Gasteiger partial charge in [0.1, 0.15) is 6.54 Å². The van der Waals surface area contributed by atoms with E-state index in [9.17, 15) is 18.0 Å². The van der Waals surface area contributed by atoms with Crippen molar-refractivity contribution in [3.63, 3.8) is 0 Å². The summed E-state index contributed by atoms with van der Waals surface area (Å²) in [4.78, 5) is 26.1. The largest absolute Gasteiger partial charge is 0.339 e. The third kappa shape index (κ3) is 4.76. The molecule has 1 aromatic heterocycles. The highest BCUT2D eigenvalue weighted by atomic mass is 32.2. The number of carbonyl (C=O) groups is 1. The Morgan fingerprint density at radius 2 is 1.69 bits per heavy atom. The van der Waals surface area contributed by atoms with Crippen molar-refractivity contribution in [1.29, 1.82) is 0 Å². The fourth-order valence-corrected chi connectivity index (χ4v) is 4.79. The first-order chi connectivity index (χ1) is 13.8. The van der Waals surface area contributed by atoms with Crippen molar-refractivity contribution in [2.45, 2.75) is 37.6 Å². The maximum Gasteiger partial charge on any atom is 0.250 e. The van der Waals surface area contributed by atoms with Crippen LogP contribution in [0.2, 0.25) is 0 Å². The zero-order chi connectivity index (χ0) is 21.0. The zero-order valence-corrected chi connectivity index (χ0v) is 17.6. The normalized spacial score (nSPS) is 16.6. The average molecular weight is 418 g/mol. The molecule has 0 aliphatic carbocycles. The summed E-state index contributed by atoms with van der Waals surface area (Å²) in [6.45, 7) is 5.28. The van der Waals surface area contributed by atoms with Gasteiger partial charge in [-0.2, -0.15) is 4.31 Å². The Balaban J connectivity index is 1.62. The maximum absolute atomic E-state index is 12.9. The van der Waals surface area contributed by atoms with Gasteiger partial charge in [-0.3, -0.25) is 9.59 Å². The van der Waals surface area contributed by atoms with Crippen LogP contribution in [0, 0.1) is 0 Å². The molecule has 0 bridgehead atoms. The first kappa shape index (κ1) is 21.3. The second-order valence-electron chi connectivity index (χ2n) is 7.33. The lowest BCUT2D eigenvalue weighted by Crippen LogP contribution is -2.51. The Kier molecular flexibility index (Phi) is 6.54. The molecule has 1 unspecified atom stereocenters. The maximum atomic E-state index is 12.9. The molecule has 0 saturated carbocycles. The Morgan fingerprint density at radius 3 is 2.28 bits per heavy atom. The highest BCUT2D eigenvalue weighted by Crippen LogP contribution is 2.23. The molecule has 0 spiro atoms. The Morgan fingerprint density at radius 1 is 1.03 bits per heavy atom. The highest BCUT2D eigenvalue weighted by molar-refractivity contribution is 7.89. The molecule has 1 amide bonds. The van der Waals surface area contributed by atoms with Gasteiger partial charge in [-0.25, -0.2) is 8.42 Å². The molecule has 0 radical (unpaired) electrons. The fourth-order valence-electron chi connectivity index (χ4n) is 3.37. The second-order valence-corrected chi connectivity index (χ2v) is 9.27. The molecule has 1 aromatic carbocycles. The summed E-state index contributed by atoms with van der Waals surface area (Å²) in [7, 11) is -3.59. The Bertz CT molecular complexity index is 1010. The van der Waals surface area contributed by atoms with Gasteiger partial charge in [0, 0.05) is 38.4 Å². The lowest BCUT2D eigenvalue weighted by atomic mass is 9.99. The van der Waals surface area contributed by atoms with Gasteiger partial charge in [0.25, 0.3) is 5.56 Å². The van der Waals surface area contributed by atoms with Crippen LogP contribution in [0.4, 0.5) is 0 Å². The number of amides is 1. The van der Waals surface area contributed by atoms with Crippen molar-refractivity contribution in [1.82, 2.24) is 13.8 Å². The molecule has 156 valence electrons. The molecule has 1 saturated heterocycles. The molecule has 1 atom stereocenters. The van der Waals surface area contributed by atoms with Gasteiger partial charge < -0.3 is 9.47 Å². The molecule has 8 heteroatoms. The van der Waals surface area contributed by atoms with E-state index in [-0.39, 0.29) is 36.0 Å². The van der Waals surface area contributed by atoms with Gasteiger partial charge in [-0.15, -0.1) is 0 Å². The number of hydrogen-bond donors (Lipinski definition) is 0. The lowest BCUT2D eigenvalue weighted by Gasteiger charge is -2.34. The number of aromatic nitrogens is 1. The van der Waals surface area contributed by atoms with Crippen molar-refractivity contribution in [2.24, 2.45) is 0 Å².